The fraction of sp³-hybridized carbons (Fsp3) is 0.0303. The van der Waals surface area contributed by atoms with Crippen LogP contribution in [0, 0.1) is 0 Å². The molecule has 0 spiro atoms. The van der Waals surface area contributed by atoms with Crippen LogP contribution in [0.25, 0.3) is 92.9 Å². The molecule has 4 aromatic heterocycles. The van der Waals surface area contributed by atoms with Gasteiger partial charge in [-0.05, 0) is 89.9 Å². The van der Waals surface area contributed by atoms with E-state index in [9.17, 15) is 0 Å². The van der Waals surface area contributed by atoms with Gasteiger partial charge in [-0.3, -0.25) is 0 Å². The monoisotopic (exact) mass is 892 g/mol. The molecule has 1 aliphatic rings. The summed E-state index contributed by atoms with van der Waals surface area (Å²) in [5.74, 6) is 0. The van der Waals surface area contributed by atoms with E-state index in [1.807, 2.05) is 0 Å². The molecule has 0 radical (unpaired) electrons. The van der Waals surface area contributed by atoms with Crippen LogP contribution in [-0.2, 0) is 0 Å². The molecule has 10 aromatic carbocycles. The highest BCUT2D eigenvalue weighted by Gasteiger charge is 2.31. The number of para-hydroxylation sites is 5. The van der Waals surface area contributed by atoms with Gasteiger partial charge >= 0.3 is 0 Å². The Bertz CT molecular complexity index is 4370. The number of hydrogen-bond acceptors (Lipinski definition) is 2. The molecule has 0 aliphatic heterocycles. The molecule has 70 heavy (non-hydrogen) atoms. The van der Waals surface area contributed by atoms with Gasteiger partial charge in [-0.15, -0.1) is 0 Å². The fourth-order valence-electron chi connectivity index (χ4n) is 12.2. The summed E-state index contributed by atoms with van der Waals surface area (Å²) in [7, 11) is 0. The van der Waals surface area contributed by atoms with E-state index in [1.54, 1.807) is 0 Å². The Balaban J connectivity index is 1.00. The summed E-state index contributed by atoms with van der Waals surface area (Å²) in [5.41, 5.74) is 18.1. The maximum absolute atomic E-state index is 2.61. The molecule has 328 valence electrons. The SMILES string of the molecule is C1=CCC(N(c2ccccc2)c2ccc3c4cc5c(cc4n4c6ccccc6c2c34)c2ccc(N(c3ccccc3)c3ccccc3-c3ccccc3)c3c4ccccc4n5c23)C(c2ccccc2)=C1. The number of rotatable bonds is 8. The third kappa shape index (κ3) is 5.53. The predicted octanol–water partition coefficient (Wildman–Crippen LogP) is 17.7. The van der Waals surface area contributed by atoms with Crippen molar-refractivity contribution in [2.45, 2.75) is 12.5 Å². The van der Waals surface area contributed by atoms with Gasteiger partial charge in [0.1, 0.15) is 0 Å². The first kappa shape index (κ1) is 38.9. The summed E-state index contributed by atoms with van der Waals surface area (Å²) in [4.78, 5) is 5.08. The van der Waals surface area contributed by atoms with Gasteiger partial charge < -0.3 is 18.6 Å². The molecule has 1 atom stereocenters. The van der Waals surface area contributed by atoms with Gasteiger partial charge in [-0.1, -0.05) is 182 Å². The first-order chi connectivity index (χ1) is 34.8. The summed E-state index contributed by atoms with van der Waals surface area (Å²) in [6.07, 6.45) is 7.76. The third-order valence-electron chi connectivity index (χ3n) is 15.1. The number of aromatic nitrogens is 2. The quantitative estimate of drug-likeness (QED) is 0.151. The van der Waals surface area contributed by atoms with Crippen LogP contribution >= 0.6 is 0 Å². The highest BCUT2D eigenvalue weighted by molar-refractivity contribution is 6.32. The molecule has 4 heteroatoms. The molecule has 0 fully saturated rings. The van der Waals surface area contributed by atoms with Crippen LogP contribution in [0.15, 0.2) is 249 Å². The molecule has 4 heterocycles. The van der Waals surface area contributed by atoms with Crippen molar-refractivity contribution in [3.63, 3.8) is 0 Å². The van der Waals surface area contributed by atoms with Crippen LogP contribution in [0.4, 0.5) is 28.4 Å². The number of anilines is 5. The van der Waals surface area contributed by atoms with E-state index in [2.05, 4.69) is 267 Å². The van der Waals surface area contributed by atoms with E-state index in [0.29, 0.717) is 0 Å². The normalized spacial score (nSPS) is 14.1. The van der Waals surface area contributed by atoms with Gasteiger partial charge in [-0.2, -0.15) is 0 Å². The predicted molar refractivity (Wildman–Crippen MR) is 296 cm³/mol. The minimum Gasteiger partial charge on any atom is -0.333 e. The molecule has 14 aromatic rings. The van der Waals surface area contributed by atoms with Crippen molar-refractivity contribution in [1.29, 1.82) is 0 Å². The standard InChI is InChI=1S/C66H44N4/c1-5-21-43(22-6-1)47-29-13-17-33-55(47)67(45-25-9-3-10-26-45)59-39-37-49-53-41-62-54(42-61(53)69-57-35-19-15-31-51(57)63(59)65(49)69)50-38-40-60(64-52-32-16-20-36-58(52)70(62)66(50)64)68(46-27-11-4-12-28-46)56-34-18-14-30-48(56)44-23-7-2-8-24-44/h1-33,35-42,56H,34H2. The zero-order valence-corrected chi connectivity index (χ0v) is 38.2. The van der Waals surface area contributed by atoms with Gasteiger partial charge in [0.2, 0.25) is 0 Å². The lowest BCUT2D eigenvalue weighted by Crippen LogP contribution is -2.33. The van der Waals surface area contributed by atoms with Crippen LogP contribution in [0.1, 0.15) is 12.0 Å². The van der Waals surface area contributed by atoms with E-state index in [1.165, 1.54) is 110 Å². The Morgan fingerprint density at radius 3 is 1.50 bits per heavy atom. The highest BCUT2D eigenvalue weighted by Crippen LogP contribution is 2.52. The topological polar surface area (TPSA) is 15.3 Å². The molecular weight excluding hydrogens is 849 g/mol. The largest absolute Gasteiger partial charge is 0.333 e. The molecule has 15 rings (SSSR count). The van der Waals surface area contributed by atoms with Crippen molar-refractivity contribution in [3.05, 3.63) is 254 Å². The van der Waals surface area contributed by atoms with E-state index in [4.69, 9.17) is 0 Å². The number of nitrogens with zero attached hydrogens (tertiary/aromatic N) is 4. The molecule has 0 saturated heterocycles. The van der Waals surface area contributed by atoms with Crippen molar-refractivity contribution < 1.29 is 0 Å². The minimum atomic E-state index is 0.0911. The molecule has 1 aliphatic carbocycles. The second kappa shape index (κ2) is 15.2. The van der Waals surface area contributed by atoms with Gasteiger partial charge in [-0.25, -0.2) is 0 Å². The number of benzene rings is 10. The average Bonchev–Trinajstić information content (AvgIpc) is 4.16. The van der Waals surface area contributed by atoms with Crippen molar-refractivity contribution in [2.24, 2.45) is 0 Å². The fourth-order valence-corrected chi connectivity index (χ4v) is 12.2. The van der Waals surface area contributed by atoms with E-state index in [0.717, 1.165) is 23.5 Å². The summed E-state index contributed by atoms with van der Waals surface area (Å²) >= 11 is 0. The van der Waals surface area contributed by atoms with E-state index < -0.39 is 0 Å². The number of hydrogen-bond donors (Lipinski definition) is 0. The Labute approximate surface area is 404 Å². The number of allylic oxidation sites excluding steroid dienone is 2. The van der Waals surface area contributed by atoms with Crippen molar-refractivity contribution in [3.8, 4) is 11.1 Å². The summed E-state index contributed by atoms with van der Waals surface area (Å²) in [6.45, 7) is 0. The van der Waals surface area contributed by atoms with Crippen LogP contribution in [0.3, 0.4) is 0 Å². The Hall–Kier alpha value is -9.12. The molecule has 0 amide bonds. The average molecular weight is 893 g/mol. The van der Waals surface area contributed by atoms with Gasteiger partial charge in [0.05, 0.1) is 56.2 Å². The first-order valence-electron chi connectivity index (χ1n) is 24.4. The Morgan fingerprint density at radius 2 is 0.871 bits per heavy atom. The number of fused-ring (bicyclic) bond motifs is 12. The van der Waals surface area contributed by atoms with Crippen LogP contribution < -0.4 is 9.80 Å². The summed E-state index contributed by atoms with van der Waals surface area (Å²) < 4.78 is 5.11. The van der Waals surface area contributed by atoms with Crippen LogP contribution in [-0.4, -0.2) is 14.8 Å². The van der Waals surface area contributed by atoms with E-state index >= 15 is 0 Å². The van der Waals surface area contributed by atoms with Crippen molar-refractivity contribution in [2.75, 3.05) is 9.80 Å². The van der Waals surface area contributed by atoms with Gasteiger partial charge in [0.25, 0.3) is 0 Å². The summed E-state index contributed by atoms with van der Waals surface area (Å²) in [5, 5.41) is 10.1. The lowest BCUT2D eigenvalue weighted by atomic mass is 9.90. The lowest BCUT2D eigenvalue weighted by Gasteiger charge is -2.37. The molecule has 0 saturated carbocycles. The second-order valence-corrected chi connectivity index (χ2v) is 18.7. The molecule has 4 nitrogen and oxygen atoms in total. The van der Waals surface area contributed by atoms with Crippen molar-refractivity contribution in [1.82, 2.24) is 8.80 Å². The maximum Gasteiger partial charge on any atom is 0.0641 e. The van der Waals surface area contributed by atoms with Gasteiger partial charge in [0.15, 0.2) is 0 Å². The Kier molecular flexibility index (Phi) is 8.45. The second-order valence-electron chi connectivity index (χ2n) is 18.7. The maximum atomic E-state index is 2.61. The third-order valence-corrected chi connectivity index (χ3v) is 15.1. The zero-order chi connectivity index (χ0) is 45.9. The Morgan fingerprint density at radius 1 is 0.371 bits per heavy atom. The van der Waals surface area contributed by atoms with Crippen molar-refractivity contribution >= 4 is 110 Å². The smallest absolute Gasteiger partial charge is 0.0641 e. The minimum absolute atomic E-state index is 0.0911. The molecular formula is C66H44N4. The van der Waals surface area contributed by atoms with E-state index in [-0.39, 0.29) is 6.04 Å². The van der Waals surface area contributed by atoms with Gasteiger partial charge in [0, 0.05) is 60.0 Å². The highest BCUT2D eigenvalue weighted by atomic mass is 15.2. The molecule has 0 bridgehead atoms. The summed E-state index contributed by atoms with van der Waals surface area (Å²) in [6, 6.07) is 85.0. The zero-order valence-electron chi connectivity index (χ0n) is 38.2. The first-order valence-corrected chi connectivity index (χ1v) is 24.4. The molecule has 1 unspecified atom stereocenters. The molecule has 0 N–H and O–H groups in total. The lowest BCUT2D eigenvalue weighted by molar-refractivity contribution is 0.805. The van der Waals surface area contributed by atoms with Crippen LogP contribution in [0.5, 0.6) is 0 Å². The van der Waals surface area contributed by atoms with Crippen LogP contribution in [0.2, 0.25) is 0 Å².